The first-order valence-electron chi connectivity index (χ1n) is 14.5. The number of Topliss-reactive ketones (excluding diaryl/α,β-unsaturated/α-hetero) is 1. The molecule has 4 aromatic rings. The fraction of sp³-hybridized carbons (Fsp3) is 0.194. The molecule has 0 aromatic heterocycles. The molecule has 0 aliphatic carbocycles. The van der Waals surface area contributed by atoms with Crippen molar-refractivity contribution in [3.8, 4) is 23.0 Å². The van der Waals surface area contributed by atoms with Gasteiger partial charge in [-0.25, -0.2) is 0 Å². The van der Waals surface area contributed by atoms with Crippen LogP contribution in [0.3, 0.4) is 0 Å². The lowest BCUT2D eigenvalue weighted by molar-refractivity contribution is -0.128. The minimum absolute atomic E-state index is 0.0276. The Balaban J connectivity index is 1.45. The predicted octanol–water partition coefficient (Wildman–Crippen LogP) is 5.25. The van der Waals surface area contributed by atoms with E-state index in [0.717, 1.165) is 5.56 Å². The molecule has 1 amide bonds. The zero-order valence-corrected chi connectivity index (χ0v) is 24.7. The molecule has 9 heteroatoms. The maximum atomic E-state index is 14.4. The lowest BCUT2D eigenvalue weighted by atomic mass is 9.69. The maximum Gasteiger partial charge on any atom is 0.250 e. The predicted molar refractivity (Wildman–Crippen MR) is 168 cm³/mol. The van der Waals surface area contributed by atoms with E-state index in [2.05, 4.69) is 10.6 Å². The van der Waals surface area contributed by atoms with Gasteiger partial charge in [-0.1, -0.05) is 66.7 Å². The van der Waals surface area contributed by atoms with Crippen molar-refractivity contribution in [3.63, 3.8) is 0 Å². The van der Waals surface area contributed by atoms with Gasteiger partial charge in [0.25, 0.3) is 0 Å². The molecule has 2 aliphatic rings. The minimum atomic E-state index is -1.36. The Hall–Kier alpha value is -5.41. The number of ether oxygens (including phenoxy) is 2. The van der Waals surface area contributed by atoms with Crippen molar-refractivity contribution in [1.29, 1.82) is 0 Å². The second kappa shape index (κ2) is 11.9. The van der Waals surface area contributed by atoms with Crippen LogP contribution in [0.2, 0.25) is 0 Å². The molecule has 9 nitrogen and oxygen atoms in total. The van der Waals surface area contributed by atoms with Gasteiger partial charge in [0.05, 0.1) is 20.6 Å². The summed E-state index contributed by atoms with van der Waals surface area (Å²) < 4.78 is 10.6. The third-order valence-corrected chi connectivity index (χ3v) is 8.63. The topological polar surface area (TPSA) is 134 Å². The summed E-state index contributed by atoms with van der Waals surface area (Å²) in [4.78, 5) is 41.8. The van der Waals surface area contributed by atoms with Crippen LogP contribution in [0.4, 0.5) is 5.69 Å². The van der Waals surface area contributed by atoms with Crippen LogP contribution >= 0.6 is 0 Å². The van der Waals surface area contributed by atoms with E-state index in [0.29, 0.717) is 22.4 Å². The highest BCUT2D eigenvalue weighted by Crippen LogP contribution is 2.58. The molecule has 45 heavy (non-hydrogen) atoms. The van der Waals surface area contributed by atoms with Gasteiger partial charge in [-0.3, -0.25) is 19.7 Å². The van der Waals surface area contributed by atoms with E-state index < -0.39 is 35.6 Å². The molecule has 1 saturated heterocycles. The molecule has 1 fully saturated rings. The molecule has 2 aliphatic heterocycles. The second-order valence-corrected chi connectivity index (χ2v) is 11.1. The molecule has 0 bridgehead atoms. The van der Waals surface area contributed by atoms with E-state index in [-0.39, 0.29) is 34.7 Å². The SMILES string of the molecule is COc1cc(/C=C/C(=O)CC(=O)C2C(c3ccccc3)NC3(C(=O)Nc4ccccc43)C2c2ccc(O)c(OC)c2)ccc1O. The molecule has 2 heterocycles. The van der Waals surface area contributed by atoms with Gasteiger partial charge in [-0.2, -0.15) is 0 Å². The number of methoxy groups -OCH3 is 2. The van der Waals surface area contributed by atoms with Gasteiger partial charge < -0.3 is 25.0 Å². The summed E-state index contributed by atoms with van der Waals surface area (Å²) in [6.07, 6.45) is 2.48. The standard InChI is InChI=1S/C36H32N2O7/c1-44-30-18-21(13-16-27(30)40)12-15-24(39)20-29(42)32-33(23-14-17-28(41)31(19-23)45-2)36(38-34(32)22-8-4-3-5-9-22)25-10-6-7-11-26(25)37-35(36)43/h3-19,32-34,38,40-41H,20H2,1-2H3,(H,37,43)/b15-12+. The summed E-state index contributed by atoms with van der Waals surface area (Å²) >= 11 is 0. The summed E-state index contributed by atoms with van der Waals surface area (Å²) in [5, 5.41) is 26.9. The number of nitrogens with one attached hydrogen (secondary N) is 2. The van der Waals surface area contributed by atoms with E-state index in [4.69, 9.17) is 9.47 Å². The number of amides is 1. The average molecular weight is 605 g/mol. The van der Waals surface area contributed by atoms with Gasteiger partial charge in [-0.15, -0.1) is 0 Å². The number of ketones is 2. The van der Waals surface area contributed by atoms with Crippen molar-refractivity contribution in [2.24, 2.45) is 5.92 Å². The number of allylic oxidation sites excluding steroid dienone is 1. The molecule has 4 N–H and O–H groups in total. The van der Waals surface area contributed by atoms with Crippen LogP contribution in [0.15, 0.2) is 97.1 Å². The normalized spacial score (nSPS) is 21.9. The summed E-state index contributed by atoms with van der Waals surface area (Å²) in [6.45, 7) is 0. The van der Waals surface area contributed by atoms with Gasteiger partial charge in [0.15, 0.2) is 28.8 Å². The molecular formula is C36H32N2O7. The van der Waals surface area contributed by atoms with Crippen LogP contribution < -0.4 is 20.1 Å². The average Bonchev–Trinajstić information content (AvgIpc) is 3.56. The maximum absolute atomic E-state index is 14.4. The smallest absolute Gasteiger partial charge is 0.250 e. The Morgan fingerprint density at radius 3 is 2.24 bits per heavy atom. The minimum Gasteiger partial charge on any atom is -0.504 e. The van der Waals surface area contributed by atoms with Gasteiger partial charge in [0.2, 0.25) is 5.91 Å². The fourth-order valence-corrected chi connectivity index (χ4v) is 6.62. The number of carbonyl (C=O) groups excluding carboxylic acids is 3. The van der Waals surface area contributed by atoms with Crippen LogP contribution in [0, 0.1) is 5.92 Å². The van der Waals surface area contributed by atoms with Crippen molar-refractivity contribution in [3.05, 3.63) is 119 Å². The number of phenolic OH excluding ortho intramolecular Hbond substituents is 2. The van der Waals surface area contributed by atoms with Gasteiger partial charge in [0, 0.05) is 29.1 Å². The number of hydrogen-bond donors (Lipinski definition) is 4. The zero-order valence-electron chi connectivity index (χ0n) is 24.7. The summed E-state index contributed by atoms with van der Waals surface area (Å²) in [6, 6.07) is 25.6. The Kier molecular flexibility index (Phi) is 7.87. The number of benzene rings is 4. The summed E-state index contributed by atoms with van der Waals surface area (Å²) in [5.41, 5.74) is 1.97. The molecule has 4 aromatic carbocycles. The van der Waals surface area contributed by atoms with Crippen LogP contribution in [0.25, 0.3) is 6.08 Å². The Labute approximate surface area is 260 Å². The monoisotopic (exact) mass is 604 g/mol. The third kappa shape index (κ3) is 5.21. The first kappa shape index (κ1) is 29.7. The van der Waals surface area contributed by atoms with Gasteiger partial charge in [0.1, 0.15) is 11.3 Å². The molecule has 228 valence electrons. The van der Waals surface area contributed by atoms with Crippen LogP contribution in [0.5, 0.6) is 23.0 Å². The lowest BCUT2D eigenvalue weighted by Crippen LogP contribution is -2.47. The summed E-state index contributed by atoms with van der Waals surface area (Å²) in [5.74, 6) is -2.35. The number of hydrogen-bond acceptors (Lipinski definition) is 8. The number of phenols is 2. The van der Waals surface area contributed by atoms with E-state index in [1.807, 2.05) is 54.6 Å². The fourth-order valence-electron chi connectivity index (χ4n) is 6.62. The second-order valence-electron chi connectivity index (χ2n) is 11.1. The quantitative estimate of drug-likeness (QED) is 0.150. The van der Waals surface area contributed by atoms with Crippen molar-refractivity contribution >= 4 is 29.2 Å². The number of carbonyl (C=O) groups is 3. The van der Waals surface area contributed by atoms with E-state index in [1.165, 1.54) is 32.4 Å². The largest absolute Gasteiger partial charge is 0.504 e. The zero-order chi connectivity index (χ0) is 31.7. The highest BCUT2D eigenvalue weighted by Gasteiger charge is 2.63. The van der Waals surface area contributed by atoms with Crippen molar-refractivity contribution in [2.45, 2.75) is 23.9 Å². The Bertz CT molecular complexity index is 1820. The number of rotatable bonds is 9. The molecule has 0 radical (unpaired) electrons. The first-order valence-corrected chi connectivity index (χ1v) is 14.5. The number of fused-ring (bicyclic) bond motifs is 2. The molecule has 0 saturated carbocycles. The Morgan fingerprint density at radius 2 is 1.51 bits per heavy atom. The van der Waals surface area contributed by atoms with Crippen molar-refractivity contribution < 1.29 is 34.1 Å². The lowest BCUT2D eigenvalue weighted by Gasteiger charge is -2.32. The molecule has 6 rings (SSSR count). The van der Waals surface area contributed by atoms with Crippen LogP contribution in [-0.4, -0.2) is 41.9 Å². The Morgan fingerprint density at radius 1 is 0.844 bits per heavy atom. The summed E-state index contributed by atoms with van der Waals surface area (Å²) in [7, 11) is 2.87. The highest BCUT2D eigenvalue weighted by atomic mass is 16.5. The van der Waals surface area contributed by atoms with Gasteiger partial charge >= 0.3 is 0 Å². The van der Waals surface area contributed by atoms with Crippen LogP contribution in [-0.2, 0) is 19.9 Å². The third-order valence-electron chi connectivity index (χ3n) is 8.63. The van der Waals surface area contributed by atoms with Crippen molar-refractivity contribution in [1.82, 2.24) is 5.32 Å². The van der Waals surface area contributed by atoms with Crippen LogP contribution in [0.1, 0.15) is 40.6 Å². The van der Waals surface area contributed by atoms with E-state index in [1.54, 1.807) is 30.3 Å². The van der Waals surface area contributed by atoms with E-state index >= 15 is 0 Å². The van der Waals surface area contributed by atoms with E-state index in [9.17, 15) is 24.6 Å². The highest BCUT2D eigenvalue weighted by molar-refractivity contribution is 6.10. The molecular weight excluding hydrogens is 572 g/mol. The van der Waals surface area contributed by atoms with Crippen molar-refractivity contribution in [2.75, 3.05) is 19.5 Å². The number of anilines is 1. The number of aromatic hydroxyl groups is 2. The first-order chi connectivity index (χ1) is 21.8. The number of para-hydroxylation sites is 1. The molecule has 1 spiro atoms. The molecule has 4 atom stereocenters. The van der Waals surface area contributed by atoms with Gasteiger partial charge in [-0.05, 0) is 53.1 Å². The molecule has 4 unspecified atom stereocenters.